The molecule has 9 heteroatoms. The van der Waals surface area contributed by atoms with Gasteiger partial charge in [0.25, 0.3) is 5.91 Å². The molecule has 0 aliphatic heterocycles. The van der Waals surface area contributed by atoms with E-state index >= 15 is 0 Å². The van der Waals surface area contributed by atoms with Gasteiger partial charge in [-0.3, -0.25) is 10.1 Å². The third kappa shape index (κ3) is 3.62. The summed E-state index contributed by atoms with van der Waals surface area (Å²) in [5, 5.41) is 11.2. The van der Waals surface area contributed by atoms with Gasteiger partial charge in [-0.1, -0.05) is 30.0 Å². The molecule has 2 rings (SSSR count). The highest BCUT2D eigenvalue weighted by Crippen LogP contribution is 2.27. The first-order valence-corrected chi connectivity index (χ1v) is 9.31. The molecule has 1 N–H and O–H groups in total. The predicted octanol–water partition coefficient (Wildman–Crippen LogP) is 3.03. The summed E-state index contributed by atoms with van der Waals surface area (Å²) in [5.74, 6) is 0.153. The molecule has 0 aliphatic carbocycles. The van der Waals surface area contributed by atoms with Gasteiger partial charge < -0.3 is 9.30 Å². The molecule has 1 amide bonds. The highest BCUT2D eigenvalue weighted by Gasteiger charge is 2.26. The Kier molecular flexibility index (Phi) is 6.00. The molecule has 0 unspecified atom stereocenters. The molecule has 130 valence electrons. The molecule has 0 aromatic carbocycles. The average molecular weight is 368 g/mol. The van der Waals surface area contributed by atoms with Crippen molar-refractivity contribution in [3.05, 3.63) is 22.5 Å². The zero-order valence-electron chi connectivity index (χ0n) is 14.3. The van der Waals surface area contributed by atoms with Gasteiger partial charge in [-0.2, -0.15) is 0 Å². The molecule has 7 nitrogen and oxygen atoms in total. The van der Waals surface area contributed by atoms with Crippen LogP contribution >= 0.6 is 23.1 Å². The lowest BCUT2D eigenvalue weighted by molar-refractivity contribution is 0.0514. The minimum absolute atomic E-state index is 0.284. The van der Waals surface area contributed by atoms with E-state index in [4.69, 9.17) is 4.74 Å². The first-order chi connectivity index (χ1) is 11.4. The van der Waals surface area contributed by atoms with Crippen molar-refractivity contribution >= 4 is 40.1 Å². The minimum atomic E-state index is -0.433. The van der Waals surface area contributed by atoms with Crippen molar-refractivity contribution in [1.29, 1.82) is 0 Å². The number of carbonyl (C=O) groups is 2. The van der Waals surface area contributed by atoms with Gasteiger partial charge in [-0.05, 0) is 32.1 Å². The zero-order valence-corrected chi connectivity index (χ0v) is 15.9. The van der Waals surface area contributed by atoms with Gasteiger partial charge in [0.05, 0.1) is 12.2 Å². The number of rotatable bonds is 6. The Balaban J connectivity index is 2.29. The van der Waals surface area contributed by atoms with Gasteiger partial charge in [0, 0.05) is 12.7 Å². The first-order valence-electron chi connectivity index (χ1n) is 7.51. The van der Waals surface area contributed by atoms with Gasteiger partial charge in [0.15, 0.2) is 4.34 Å². The van der Waals surface area contributed by atoms with Crippen LogP contribution in [0.1, 0.15) is 46.0 Å². The average Bonchev–Trinajstić information content (AvgIpc) is 3.03. The zero-order chi connectivity index (χ0) is 17.9. The van der Waals surface area contributed by atoms with Crippen LogP contribution in [0.3, 0.4) is 0 Å². The Morgan fingerprint density at radius 2 is 2.00 bits per heavy atom. The maximum atomic E-state index is 12.6. The topological polar surface area (TPSA) is 86.1 Å². The van der Waals surface area contributed by atoms with Gasteiger partial charge in [0.2, 0.25) is 5.13 Å². The second-order valence-corrected chi connectivity index (χ2v) is 7.46. The molecule has 2 aromatic heterocycles. The lowest BCUT2D eigenvalue weighted by atomic mass is 10.1. The van der Waals surface area contributed by atoms with Gasteiger partial charge >= 0.3 is 5.97 Å². The van der Waals surface area contributed by atoms with E-state index in [-0.39, 0.29) is 12.5 Å². The van der Waals surface area contributed by atoms with E-state index in [1.807, 2.05) is 6.92 Å². The number of nitrogens with one attached hydrogen (secondary N) is 1. The molecule has 0 fully saturated rings. The first kappa shape index (κ1) is 18.5. The Morgan fingerprint density at radius 3 is 2.62 bits per heavy atom. The van der Waals surface area contributed by atoms with E-state index in [1.54, 1.807) is 44.1 Å². The summed E-state index contributed by atoms with van der Waals surface area (Å²) < 4.78 is 7.56. The van der Waals surface area contributed by atoms with Crippen molar-refractivity contribution in [2.24, 2.45) is 7.05 Å². The van der Waals surface area contributed by atoms with Crippen LogP contribution in [0.4, 0.5) is 5.13 Å². The van der Waals surface area contributed by atoms with Crippen LogP contribution in [0.5, 0.6) is 0 Å². The number of aromatic nitrogens is 3. The Labute approximate surface area is 148 Å². The third-order valence-corrected chi connectivity index (χ3v) is 5.38. The maximum Gasteiger partial charge on any atom is 0.355 e. The molecule has 2 aromatic rings. The van der Waals surface area contributed by atoms with Crippen LogP contribution in [-0.4, -0.2) is 39.0 Å². The second kappa shape index (κ2) is 7.80. The van der Waals surface area contributed by atoms with Crippen LogP contribution in [0.15, 0.2) is 4.34 Å². The number of amides is 1. The molecule has 24 heavy (non-hydrogen) atoms. The van der Waals surface area contributed by atoms with E-state index in [0.717, 1.165) is 10.1 Å². The summed E-state index contributed by atoms with van der Waals surface area (Å²) >= 11 is 2.90. The normalized spacial score (nSPS) is 10.7. The van der Waals surface area contributed by atoms with Crippen LogP contribution in [-0.2, 0) is 11.8 Å². The van der Waals surface area contributed by atoms with Crippen molar-refractivity contribution < 1.29 is 14.3 Å². The minimum Gasteiger partial charge on any atom is -0.461 e. The fraction of sp³-hybridized carbons (Fsp3) is 0.467. The molecule has 0 atom stereocenters. The number of hydrogen-bond acceptors (Lipinski definition) is 7. The largest absolute Gasteiger partial charge is 0.461 e. The monoisotopic (exact) mass is 368 g/mol. The van der Waals surface area contributed by atoms with Crippen molar-refractivity contribution in [2.45, 2.75) is 32.0 Å². The Morgan fingerprint density at radius 1 is 1.29 bits per heavy atom. The van der Waals surface area contributed by atoms with Crippen molar-refractivity contribution in [3.63, 3.8) is 0 Å². The molecular formula is C15H20N4O3S2. The van der Waals surface area contributed by atoms with E-state index in [9.17, 15) is 9.59 Å². The SMILES string of the molecule is CCOC(=O)c1c(C)c(C(=O)Nc2nnc(SCC)s2)c(C)n1C. The third-order valence-electron chi connectivity index (χ3n) is 3.52. The molecule has 0 spiro atoms. The van der Waals surface area contributed by atoms with E-state index in [0.29, 0.717) is 27.6 Å². The number of anilines is 1. The maximum absolute atomic E-state index is 12.6. The second-order valence-electron chi connectivity index (χ2n) is 4.97. The predicted molar refractivity (Wildman–Crippen MR) is 95.1 cm³/mol. The lowest BCUT2D eigenvalue weighted by Gasteiger charge is -2.05. The summed E-state index contributed by atoms with van der Waals surface area (Å²) in [6.45, 7) is 7.60. The van der Waals surface area contributed by atoms with Crippen molar-refractivity contribution in [1.82, 2.24) is 14.8 Å². The number of nitrogens with zero attached hydrogens (tertiary/aromatic N) is 3. The summed E-state index contributed by atoms with van der Waals surface area (Å²) in [6.07, 6.45) is 0. The highest BCUT2D eigenvalue weighted by molar-refractivity contribution is 8.01. The Hall–Kier alpha value is -1.87. The van der Waals surface area contributed by atoms with Gasteiger partial charge in [-0.25, -0.2) is 4.79 Å². The van der Waals surface area contributed by atoms with E-state index in [1.165, 1.54) is 11.3 Å². The van der Waals surface area contributed by atoms with E-state index in [2.05, 4.69) is 15.5 Å². The molecule has 0 aliphatic rings. The molecule has 0 bridgehead atoms. The summed E-state index contributed by atoms with van der Waals surface area (Å²) in [7, 11) is 1.74. The van der Waals surface area contributed by atoms with Crippen molar-refractivity contribution in [3.8, 4) is 0 Å². The molecule has 0 saturated heterocycles. The summed E-state index contributed by atoms with van der Waals surface area (Å²) in [4.78, 5) is 24.7. The van der Waals surface area contributed by atoms with E-state index < -0.39 is 5.97 Å². The number of hydrogen-bond donors (Lipinski definition) is 1. The summed E-state index contributed by atoms with van der Waals surface area (Å²) in [6, 6.07) is 0. The Bertz CT molecular complexity index is 767. The van der Waals surface area contributed by atoms with Gasteiger partial charge in [-0.15, -0.1) is 10.2 Å². The highest BCUT2D eigenvalue weighted by atomic mass is 32.2. The van der Waals surface area contributed by atoms with Gasteiger partial charge in [0.1, 0.15) is 5.69 Å². The molecule has 0 saturated carbocycles. The lowest BCUT2D eigenvalue weighted by Crippen LogP contribution is -2.14. The van der Waals surface area contributed by atoms with Crippen LogP contribution in [0.25, 0.3) is 0 Å². The number of carbonyl (C=O) groups excluding carboxylic acids is 2. The van der Waals surface area contributed by atoms with Crippen LogP contribution < -0.4 is 5.32 Å². The van der Waals surface area contributed by atoms with Crippen molar-refractivity contribution in [2.75, 3.05) is 17.7 Å². The molecular weight excluding hydrogens is 348 g/mol. The number of thioether (sulfide) groups is 1. The molecule has 0 radical (unpaired) electrons. The molecule has 2 heterocycles. The summed E-state index contributed by atoms with van der Waals surface area (Å²) in [5.41, 5.74) is 2.14. The quantitative estimate of drug-likeness (QED) is 0.479. The number of ether oxygens (including phenoxy) is 1. The standard InChI is InChI=1S/C15H20N4O3S2/c1-6-22-13(21)11-8(3)10(9(4)19(11)5)12(20)16-14-17-18-15(24-14)23-7-2/h6-7H2,1-5H3,(H,16,17,20). The fourth-order valence-corrected chi connectivity index (χ4v) is 4.05. The fourth-order valence-electron chi connectivity index (χ4n) is 2.40. The van der Waals surface area contributed by atoms with Crippen LogP contribution in [0.2, 0.25) is 0 Å². The smallest absolute Gasteiger partial charge is 0.355 e. The van der Waals surface area contributed by atoms with Crippen LogP contribution in [0, 0.1) is 13.8 Å². The number of esters is 1.